The fraction of sp³-hybridized carbons (Fsp3) is 0.250. The van der Waals surface area contributed by atoms with Crippen molar-refractivity contribution in [3.05, 3.63) is 106 Å². The van der Waals surface area contributed by atoms with Gasteiger partial charge in [-0.25, -0.2) is 0 Å². The van der Waals surface area contributed by atoms with E-state index >= 15 is 0 Å². The number of hydrogen-bond donors (Lipinski definition) is 0. The largest absolute Gasteiger partial charge is 0.335 e. The monoisotopic (exact) mass is 425 g/mol. The van der Waals surface area contributed by atoms with Gasteiger partial charge in [-0.3, -0.25) is 4.79 Å². The number of rotatable bonds is 6. The van der Waals surface area contributed by atoms with Crippen LogP contribution >= 0.6 is 11.8 Å². The van der Waals surface area contributed by atoms with Gasteiger partial charge in [0.25, 0.3) is 0 Å². The van der Waals surface area contributed by atoms with Crippen molar-refractivity contribution < 1.29 is 4.79 Å². The zero-order chi connectivity index (χ0) is 21.2. The number of para-hydroxylation sites is 1. The Morgan fingerprint density at radius 3 is 2.42 bits per heavy atom. The lowest BCUT2D eigenvalue weighted by Crippen LogP contribution is -2.22. The molecule has 0 fully saturated rings. The fourth-order valence-electron chi connectivity index (χ4n) is 4.75. The van der Waals surface area contributed by atoms with E-state index in [0.717, 1.165) is 34.7 Å². The van der Waals surface area contributed by atoms with E-state index in [-0.39, 0.29) is 11.7 Å². The average Bonchev–Trinajstić information content (AvgIpc) is 3.32. The summed E-state index contributed by atoms with van der Waals surface area (Å²) in [6.07, 6.45) is 4.84. The third-order valence-electron chi connectivity index (χ3n) is 6.26. The summed E-state index contributed by atoms with van der Waals surface area (Å²) >= 11 is 1.76. The van der Waals surface area contributed by atoms with Crippen LogP contribution in [-0.2, 0) is 0 Å². The molecule has 1 aliphatic heterocycles. The second-order valence-electron chi connectivity index (χ2n) is 8.26. The normalized spacial score (nSPS) is 19.6. The Hall–Kier alpha value is -2.78. The third kappa shape index (κ3) is 3.61. The molecule has 1 unspecified atom stereocenters. The average molecular weight is 426 g/mol. The Morgan fingerprint density at radius 1 is 0.839 bits per heavy atom. The van der Waals surface area contributed by atoms with Gasteiger partial charge in [-0.1, -0.05) is 105 Å². The van der Waals surface area contributed by atoms with Crippen molar-refractivity contribution in [2.24, 2.45) is 0 Å². The molecule has 0 spiro atoms. The Kier molecular flexibility index (Phi) is 5.69. The SMILES string of the molecule is CCCCCCN1C(=C2C(=O)c3ccccc3C2c2ccccc2)Sc2ccccc21. The molecule has 0 bridgehead atoms. The maximum absolute atomic E-state index is 13.7. The molecule has 0 saturated carbocycles. The number of hydrogen-bond acceptors (Lipinski definition) is 3. The second kappa shape index (κ2) is 8.76. The predicted molar refractivity (Wildman–Crippen MR) is 130 cm³/mol. The lowest BCUT2D eigenvalue weighted by atomic mass is 9.90. The fourth-order valence-corrected chi connectivity index (χ4v) is 6.01. The summed E-state index contributed by atoms with van der Waals surface area (Å²) in [4.78, 5) is 17.4. The highest BCUT2D eigenvalue weighted by atomic mass is 32.2. The molecule has 0 aromatic heterocycles. The van der Waals surface area contributed by atoms with E-state index in [4.69, 9.17) is 0 Å². The van der Waals surface area contributed by atoms with Crippen LogP contribution in [0.1, 0.15) is 60.0 Å². The first-order valence-corrected chi connectivity index (χ1v) is 12.1. The standard InChI is InChI=1S/C28H27NOS/c1-2-3-4-12-19-29-23-17-10-11-18-24(23)31-28(29)26-25(20-13-6-5-7-14-20)21-15-8-9-16-22(21)27(26)30/h5-11,13-18,25H,2-4,12,19H2,1H3. The minimum absolute atomic E-state index is 0.0140. The molecule has 0 N–H and O–H groups in total. The van der Waals surface area contributed by atoms with E-state index in [1.54, 1.807) is 11.8 Å². The van der Waals surface area contributed by atoms with E-state index in [9.17, 15) is 4.79 Å². The number of thioether (sulfide) groups is 1. The minimum atomic E-state index is -0.0140. The molecule has 1 heterocycles. The molecule has 0 amide bonds. The molecular formula is C28H27NOS. The first-order chi connectivity index (χ1) is 15.3. The Labute approximate surface area is 189 Å². The molecular weight excluding hydrogens is 398 g/mol. The molecule has 2 aliphatic rings. The van der Waals surface area contributed by atoms with E-state index < -0.39 is 0 Å². The van der Waals surface area contributed by atoms with Gasteiger partial charge in [0.05, 0.1) is 10.7 Å². The van der Waals surface area contributed by atoms with Crippen molar-refractivity contribution in [3.63, 3.8) is 0 Å². The van der Waals surface area contributed by atoms with Crippen molar-refractivity contribution >= 4 is 23.2 Å². The van der Waals surface area contributed by atoms with Crippen molar-refractivity contribution in [2.45, 2.75) is 43.4 Å². The van der Waals surface area contributed by atoms with Gasteiger partial charge in [-0.15, -0.1) is 0 Å². The summed E-state index contributed by atoms with van der Waals surface area (Å²) in [5.74, 6) is 0.165. The van der Waals surface area contributed by atoms with Crippen LogP contribution in [0.5, 0.6) is 0 Å². The van der Waals surface area contributed by atoms with Gasteiger partial charge in [0.15, 0.2) is 5.78 Å². The Morgan fingerprint density at radius 2 is 1.58 bits per heavy atom. The highest BCUT2D eigenvalue weighted by Gasteiger charge is 2.41. The molecule has 1 aliphatic carbocycles. The van der Waals surface area contributed by atoms with Gasteiger partial charge in [0, 0.05) is 28.5 Å². The molecule has 0 radical (unpaired) electrons. The number of Topliss-reactive ketones (excluding diaryl/α,β-unsaturated/α-hetero) is 1. The quantitative estimate of drug-likeness (QED) is 0.303. The number of ketones is 1. The highest BCUT2D eigenvalue weighted by molar-refractivity contribution is 8.03. The maximum Gasteiger partial charge on any atom is 0.192 e. The van der Waals surface area contributed by atoms with Gasteiger partial charge in [-0.05, 0) is 29.7 Å². The molecule has 3 heteroatoms. The number of unbranched alkanes of at least 4 members (excludes halogenated alkanes) is 3. The van der Waals surface area contributed by atoms with E-state index in [1.165, 1.54) is 35.4 Å². The van der Waals surface area contributed by atoms with Crippen LogP contribution in [0.2, 0.25) is 0 Å². The van der Waals surface area contributed by atoms with Gasteiger partial charge in [-0.2, -0.15) is 0 Å². The Balaban J connectivity index is 1.64. The van der Waals surface area contributed by atoms with Crippen LogP contribution in [0.4, 0.5) is 5.69 Å². The van der Waals surface area contributed by atoms with Crippen LogP contribution in [0, 0.1) is 0 Å². The highest BCUT2D eigenvalue weighted by Crippen LogP contribution is 2.53. The van der Waals surface area contributed by atoms with Crippen molar-refractivity contribution in [3.8, 4) is 0 Å². The van der Waals surface area contributed by atoms with Crippen LogP contribution in [0.15, 0.2) is 94.4 Å². The molecule has 3 aromatic carbocycles. The number of carbonyl (C=O) groups excluding carboxylic acids is 1. The van der Waals surface area contributed by atoms with Crippen molar-refractivity contribution in [1.29, 1.82) is 0 Å². The van der Waals surface area contributed by atoms with E-state index in [1.807, 2.05) is 18.2 Å². The number of nitrogens with zero attached hydrogens (tertiary/aromatic N) is 1. The zero-order valence-electron chi connectivity index (χ0n) is 17.9. The maximum atomic E-state index is 13.7. The van der Waals surface area contributed by atoms with Gasteiger partial charge in [0.2, 0.25) is 0 Å². The van der Waals surface area contributed by atoms with Crippen LogP contribution in [0.25, 0.3) is 0 Å². The van der Waals surface area contributed by atoms with Crippen LogP contribution in [0.3, 0.4) is 0 Å². The predicted octanol–water partition coefficient (Wildman–Crippen LogP) is 7.42. The molecule has 31 heavy (non-hydrogen) atoms. The molecule has 5 rings (SSSR count). The lowest BCUT2D eigenvalue weighted by Gasteiger charge is -2.24. The number of carbonyl (C=O) groups is 1. The summed E-state index contributed by atoms with van der Waals surface area (Å²) < 4.78 is 0. The number of anilines is 1. The van der Waals surface area contributed by atoms with Crippen molar-refractivity contribution in [2.75, 3.05) is 11.4 Å². The minimum Gasteiger partial charge on any atom is -0.335 e. The van der Waals surface area contributed by atoms with E-state index in [0.29, 0.717) is 0 Å². The summed E-state index contributed by atoms with van der Waals surface area (Å²) in [6.45, 7) is 3.20. The van der Waals surface area contributed by atoms with Gasteiger partial charge < -0.3 is 4.90 Å². The summed E-state index contributed by atoms with van der Waals surface area (Å²) in [5, 5.41) is 1.12. The molecule has 3 aromatic rings. The molecule has 2 nitrogen and oxygen atoms in total. The van der Waals surface area contributed by atoms with Crippen LogP contribution in [-0.4, -0.2) is 12.3 Å². The number of benzene rings is 3. The molecule has 1 atom stereocenters. The Bertz CT molecular complexity index is 1130. The second-order valence-corrected chi connectivity index (χ2v) is 9.29. The third-order valence-corrected chi connectivity index (χ3v) is 7.45. The van der Waals surface area contributed by atoms with Crippen molar-refractivity contribution in [1.82, 2.24) is 0 Å². The first kappa shape index (κ1) is 20.1. The van der Waals surface area contributed by atoms with Crippen LogP contribution < -0.4 is 4.90 Å². The smallest absolute Gasteiger partial charge is 0.192 e. The molecule has 0 saturated heterocycles. The topological polar surface area (TPSA) is 20.3 Å². The zero-order valence-corrected chi connectivity index (χ0v) is 18.7. The van der Waals surface area contributed by atoms with Gasteiger partial charge >= 0.3 is 0 Å². The summed E-state index contributed by atoms with van der Waals surface area (Å²) in [7, 11) is 0. The summed E-state index contributed by atoms with van der Waals surface area (Å²) in [6, 6.07) is 27.2. The molecule has 156 valence electrons. The van der Waals surface area contributed by atoms with Gasteiger partial charge in [0.1, 0.15) is 0 Å². The lowest BCUT2D eigenvalue weighted by molar-refractivity contribution is 0.103. The number of allylic oxidation sites excluding steroid dienone is 1. The summed E-state index contributed by atoms with van der Waals surface area (Å²) in [5.41, 5.74) is 5.34. The first-order valence-electron chi connectivity index (χ1n) is 11.3. The number of fused-ring (bicyclic) bond motifs is 2. The van der Waals surface area contributed by atoms with E-state index in [2.05, 4.69) is 72.5 Å².